The predicted octanol–water partition coefficient (Wildman–Crippen LogP) is 4.68. The van der Waals surface area contributed by atoms with Gasteiger partial charge >= 0.3 is 0 Å². The highest BCUT2D eigenvalue weighted by molar-refractivity contribution is 7.48. The largest absolute Gasteiger partial charge is 0.508 e. The fraction of sp³-hybridized carbons (Fsp3) is 0.625. The van der Waals surface area contributed by atoms with Gasteiger partial charge in [-0.2, -0.15) is 0 Å². The van der Waals surface area contributed by atoms with Crippen LogP contribution in [0.25, 0.3) is 0 Å². The van der Waals surface area contributed by atoms with Crippen LogP contribution in [0.1, 0.15) is 63.9 Å². The molecule has 1 atom stereocenters. The second-order valence-corrected chi connectivity index (χ2v) is 7.52. The van der Waals surface area contributed by atoms with Crippen LogP contribution < -0.4 is 5.30 Å². The molecular formula is C16H24FOP. The van der Waals surface area contributed by atoms with E-state index >= 15 is 0 Å². The van der Waals surface area contributed by atoms with Gasteiger partial charge in [0.1, 0.15) is 11.6 Å². The third-order valence-electron chi connectivity index (χ3n) is 3.95. The number of phenols is 1. The van der Waals surface area contributed by atoms with Crippen molar-refractivity contribution in [2.24, 2.45) is 0 Å². The molecule has 0 saturated heterocycles. The van der Waals surface area contributed by atoms with Crippen LogP contribution in [0.4, 0.5) is 4.39 Å². The molecule has 1 aliphatic rings. The molecule has 0 radical (unpaired) electrons. The smallest absolute Gasteiger partial charge is 0.131 e. The lowest BCUT2D eigenvalue weighted by molar-refractivity contribution is 0.463. The van der Waals surface area contributed by atoms with Gasteiger partial charge in [-0.3, -0.25) is 0 Å². The third kappa shape index (κ3) is 3.92. The van der Waals surface area contributed by atoms with Crippen molar-refractivity contribution in [2.45, 2.75) is 63.9 Å². The molecule has 0 spiro atoms. The van der Waals surface area contributed by atoms with Crippen LogP contribution in [0.3, 0.4) is 0 Å². The van der Waals surface area contributed by atoms with E-state index in [2.05, 4.69) is 0 Å². The Labute approximate surface area is 117 Å². The zero-order valence-electron chi connectivity index (χ0n) is 11.9. The molecule has 1 aromatic rings. The monoisotopic (exact) mass is 282 g/mol. The van der Waals surface area contributed by atoms with Crippen molar-refractivity contribution in [3.63, 3.8) is 0 Å². The van der Waals surface area contributed by atoms with Crippen LogP contribution in [0.5, 0.6) is 5.75 Å². The van der Waals surface area contributed by atoms with Crippen molar-refractivity contribution >= 4 is 13.9 Å². The zero-order chi connectivity index (χ0) is 13.8. The fourth-order valence-corrected chi connectivity index (χ4v) is 4.36. The highest BCUT2D eigenvalue weighted by Crippen LogP contribution is 2.34. The minimum absolute atomic E-state index is 0.135. The quantitative estimate of drug-likeness (QED) is 0.630. The fourth-order valence-electron chi connectivity index (χ4n) is 2.79. The minimum atomic E-state index is -0.135. The highest BCUT2D eigenvalue weighted by atomic mass is 31.1. The van der Waals surface area contributed by atoms with Crippen molar-refractivity contribution in [3.8, 4) is 5.75 Å². The number of hydrogen-bond donors (Lipinski definition) is 1. The molecule has 19 heavy (non-hydrogen) atoms. The molecule has 1 saturated carbocycles. The number of phenolic OH excluding ortho intramolecular Hbond substituents is 1. The Bertz CT molecular complexity index is 423. The molecule has 0 aliphatic heterocycles. The van der Waals surface area contributed by atoms with Crippen molar-refractivity contribution < 1.29 is 9.50 Å². The summed E-state index contributed by atoms with van der Waals surface area (Å²) >= 11 is 0. The first-order chi connectivity index (χ1) is 9.08. The van der Waals surface area contributed by atoms with Gasteiger partial charge in [0.15, 0.2) is 0 Å². The van der Waals surface area contributed by atoms with Gasteiger partial charge in [-0.15, -0.1) is 0 Å². The highest BCUT2D eigenvalue weighted by Gasteiger charge is 2.17. The molecule has 1 nitrogen and oxygen atoms in total. The van der Waals surface area contributed by atoms with Crippen LogP contribution in [-0.4, -0.2) is 10.8 Å². The Hall–Kier alpha value is -0.620. The summed E-state index contributed by atoms with van der Waals surface area (Å²) in [4.78, 5) is 0. The maximum atomic E-state index is 14.1. The van der Waals surface area contributed by atoms with Crippen LogP contribution in [0.15, 0.2) is 12.1 Å². The molecule has 0 amide bonds. The SMILES string of the molecule is CC(C)c1cc(F)c(PC2CCCCCC2)cc1O. The van der Waals surface area contributed by atoms with Gasteiger partial charge in [-0.25, -0.2) is 4.39 Å². The van der Waals surface area contributed by atoms with Crippen molar-refractivity contribution in [2.75, 3.05) is 0 Å². The molecule has 0 aromatic heterocycles. The van der Waals surface area contributed by atoms with E-state index in [0.717, 1.165) is 0 Å². The zero-order valence-corrected chi connectivity index (χ0v) is 12.9. The summed E-state index contributed by atoms with van der Waals surface area (Å²) in [5.41, 5.74) is 1.33. The summed E-state index contributed by atoms with van der Waals surface area (Å²) in [6.45, 7) is 3.95. The van der Waals surface area contributed by atoms with E-state index in [1.54, 1.807) is 6.07 Å². The first-order valence-corrected chi connectivity index (χ1v) is 8.44. The lowest BCUT2D eigenvalue weighted by atomic mass is 10.0. The second-order valence-electron chi connectivity index (χ2n) is 5.88. The van der Waals surface area contributed by atoms with E-state index in [9.17, 15) is 9.50 Å². The molecule has 2 rings (SSSR count). The summed E-state index contributed by atoms with van der Waals surface area (Å²) in [7, 11) is 0.499. The van der Waals surface area contributed by atoms with Crippen LogP contribution in [0, 0.1) is 5.82 Å². The maximum absolute atomic E-state index is 14.1. The standard InChI is InChI=1S/C16H24FOP/c1-11(2)13-9-14(17)16(10-15(13)18)19-12-7-5-3-4-6-8-12/h9-12,18-19H,3-8H2,1-2H3. The molecule has 1 unspecified atom stereocenters. The van der Waals surface area contributed by atoms with Gasteiger partial charge in [-0.1, -0.05) is 48.1 Å². The lowest BCUT2D eigenvalue weighted by Gasteiger charge is -2.16. The summed E-state index contributed by atoms with van der Waals surface area (Å²) in [6.07, 6.45) is 7.61. The van der Waals surface area contributed by atoms with E-state index in [0.29, 0.717) is 25.1 Å². The molecule has 0 heterocycles. The molecule has 1 N–H and O–H groups in total. The molecule has 1 aromatic carbocycles. The minimum Gasteiger partial charge on any atom is -0.508 e. The average molecular weight is 282 g/mol. The van der Waals surface area contributed by atoms with E-state index in [-0.39, 0.29) is 17.5 Å². The predicted molar refractivity (Wildman–Crippen MR) is 81.6 cm³/mol. The summed E-state index contributed by atoms with van der Waals surface area (Å²) in [6, 6.07) is 3.19. The first-order valence-electron chi connectivity index (χ1n) is 7.37. The Morgan fingerprint density at radius 1 is 1.16 bits per heavy atom. The molecule has 106 valence electrons. The molecular weight excluding hydrogens is 258 g/mol. The Kier molecular flexibility index (Phi) is 5.21. The topological polar surface area (TPSA) is 20.2 Å². The van der Waals surface area contributed by atoms with Crippen molar-refractivity contribution in [1.29, 1.82) is 0 Å². The van der Waals surface area contributed by atoms with E-state index in [1.807, 2.05) is 13.8 Å². The molecule has 0 bridgehead atoms. The van der Waals surface area contributed by atoms with Gasteiger partial charge in [0.2, 0.25) is 0 Å². The van der Waals surface area contributed by atoms with Crippen LogP contribution >= 0.6 is 8.58 Å². The van der Waals surface area contributed by atoms with E-state index in [1.165, 1.54) is 44.6 Å². The Balaban J connectivity index is 2.13. The summed E-state index contributed by atoms with van der Waals surface area (Å²) < 4.78 is 14.1. The lowest BCUT2D eigenvalue weighted by Crippen LogP contribution is -2.10. The Morgan fingerprint density at radius 2 is 1.79 bits per heavy atom. The Morgan fingerprint density at radius 3 is 2.37 bits per heavy atom. The van der Waals surface area contributed by atoms with Gasteiger partial charge in [0.25, 0.3) is 0 Å². The number of benzene rings is 1. The summed E-state index contributed by atoms with van der Waals surface area (Å²) in [5, 5.41) is 10.7. The number of halogens is 1. The first kappa shape index (κ1) is 14.8. The van der Waals surface area contributed by atoms with Crippen LogP contribution in [0.2, 0.25) is 0 Å². The van der Waals surface area contributed by atoms with E-state index in [4.69, 9.17) is 0 Å². The third-order valence-corrected chi connectivity index (χ3v) is 5.63. The van der Waals surface area contributed by atoms with Crippen LogP contribution in [-0.2, 0) is 0 Å². The van der Waals surface area contributed by atoms with Gasteiger partial charge < -0.3 is 5.11 Å². The average Bonchev–Trinajstić information content (AvgIpc) is 2.61. The molecule has 3 heteroatoms. The molecule has 1 aliphatic carbocycles. The maximum Gasteiger partial charge on any atom is 0.131 e. The van der Waals surface area contributed by atoms with Gasteiger partial charge in [0.05, 0.1) is 0 Å². The second kappa shape index (κ2) is 6.70. The number of hydrogen-bond acceptors (Lipinski definition) is 1. The van der Waals surface area contributed by atoms with Crippen molar-refractivity contribution in [1.82, 2.24) is 0 Å². The van der Waals surface area contributed by atoms with Gasteiger partial charge in [-0.05, 0) is 42.1 Å². The number of rotatable bonds is 3. The van der Waals surface area contributed by atoms with E-state index < -0.39 is 0 Å². The van der Waals surface area contributed by atoms with Crippen molar-refractivity contribution in [3.05, 3.63) is 23.5 Å². The molecule has 1 fully saturated rings. The summed E-state index contributed by atoms with van der Waals surface area (Å²) in [5.74, 6) is 0.279. The number of aromatic hydroxyl groups is 1. The van der Waals surface area contributed by atoms with Gasteiger partial charge in [0, 0.05) is 5.30 Å². The normalized spacial score (nSPS) is 18.3.